The van der Waals surface area contributed by atoms with Gasteiger partial charge in [-0.2, -0.15) is 0 Å². The van der Waals surface area contributed by atoms with Crippen LogP contribution < -0.4 is 0 Å². The van der Waals surface area contributed by atoms with E-state index >= 15 is 0 Å². The van der Waals surface area contributed by atoms with Crippen LogP contribution in [0.4, 0.5) is 0 Å². The molecule has 3 unspecified atom stereocenters. The number of aliphatic hydroxyl groups excluding tert-OH is 20. The van der Waals surface area contributed by atoms with Crippen LogP contribution in [0.15, 0.2) is 11.6 Å². The van der Waals surface area contributed by atoms with Gasteiger partial charge in [0.1, 0.15) is 134 Å². The quantitative estimate of drug-likeness (QED) is 0.0423. The summed E-state index contributed by atoms with van der Waals surface area (Å²) in [5, 5.41) is 229. The summed E-state index contributed by atoms with van der Waals surface area (Å²) in [7, 11) is 0. The fourth-order valence-corrected chi connectivity index (χ4v) is 18.6. The molecule has 10 aliphatic rings. The highest BCUT2D eigenvalue weighted by Gasteiger charge is 2.71. The van der Waals surface area contributed by atoms with Crippen molar-refractivity contribution in [3.8, 4) is 0 Å². The molecular weight excluding hydrogens is 1330 g/mol. The maximum atomic E-state index is 12.9. The van der Waals surface area contributed by atoms with E-state index in [1.165, 1.54) is 20.8 Å². The smallest absolute Gasteiger partial charge is 0.187 e. The highest BCUT2D eigenvalue weighted by molar-refractivity contribution is 5.32. The lowest BCUT2D eigenvalue weighted by Crippen LogP contribution is -2.65. The van der Waals surface area contributed by atoms with Crippen molar-refractivity contribution in [3.05, 3.63) is 11.6 Å². The minimum absolute atomic E-state index is 0.0104. The Balaban J connectivity index is 0.815. The van der Waals surface area contributed by atoms with Gasteiger partial charge in [0.2, 0.25) is 0 Å². The van der Waals surface area contributed by atoms with Crippen molar-refractivity contribution in [2.24, 2.45) is 51.2 Å². The lowest BCUT2D eigenvalue weighted by molar-refractivity contribution is -0.380. The Morgan fingerprint density at radius 2 is 0.900 bits per heavy atom. The molecule has 0 aromatic heterocycles. The van der Waals surface area contributed by atoms with Gasteiger partial charge in [-0.25, -0.2) is 0 Å². The number of hydrogen-bond donors (Lipinski definition) is 21. The van der Waals surface area contributed by atoms with Gasteiger partial charge in [-0.15, -0.1) is 0 Å². The Morgan fingerprint density at radius 1 is 0.480 bits per heavy atom. The summed E-state index contributed by atoms with van der Waals surface area (Å²) >= 11 is 0. The summed E-state index contributed by atoms with van der Waals surface area (Å²) in [6.07, 6.45) is -43.7. The Labute approximate surface area is 580 Å². The summed E-state index contributed by atoms with van der Waals surface area (Å²) in [5.74, 6) is -1.08. The van der Waals surface area contributed by atoms with Gasteiger partial charge in [-0.3, -0.25) is 0 Å². The van der Waals surface area contributed by atoms with Gasteiger partial charge in [0.25, 0.3) is 0 Å². The van der Waals surface area contributed by atoms with Crippen molar-refractivity contribution in [3.63, 3.8) is 0 Å². The number of allylic oxidation sites excluding steroid dienone is 1. The van der Waals surface area contributed by atoms with E-state index in [4.69, 9.17) is 56.8 Å². The Hall–Kier alpha value is -1.58. The molecule has 33 heteroatoms. The highest BCUT2D eigenvalue weighted by Crippen LogP contribution is 2.75. The third-order valence-electron chi connectivity index (χ3n) is 25.3. The van der Waals surface area contributed by atoms with Crippen LogP contribution in [-0.4, -0.2) is 349 Å². The lowest BCUT2D eigenvalue weighted by atomic mass is 9.38. The van der Waals surface area contributed by atoms with E-state index in [9.17, 15) is 107 Å². The third-order valence-corrected chi connectivity index (χ3v) is 25.3. The van der Waals surface area contributed by atoms with Gasteiger partial charge in [0.05, 0.1) is 69.7 Å². The molecule has 100 heavy (non-hydrogen) atoms. The molecule has 0 aromatic rings. The van der Waals surface area contributed by atoms with Crippen molar-refractivity contribution in [1.82, 2.24) is 0 Å². The number of hydrogen-bond acceptors (Lipinski definition) is 33. The number of ether oxygens (including phenoxy) is 12. The van der Waals surface area contributed by atoms with Crippen LogP contribution in [-0.2, 0) is 56.8 Å². The molecule has 0 bridgehead atoms. The summed E-state index contributed by atoms with van der Waals surface area (Å²) in [6, 6.07) is 0. The second-order valence-corrected chi connectivity index (χ2v) is 31.9. The molecular formula is C67H114O33. The molecule has 6 heterocycles. The molecule has 10 rings (SSSR count). The molecule has 0 amide bonds. The second kappa shape index (κ2) is 31.6. The Morgan fingerprint density at radius 3 is 1.40 bits per heavy atom. The van der Waals surface area contributed by atoms with Crippen LogP contribution in [0.25, 0.3) is 0 Å². The predicted molar refractivity (Wildman–Crippen MR) is 336 cm³/mol. The largest absolute Gasteiger partial charge is 0.394 e. The molecule has 21 N–H and O–H groups in total. The van der Waals surface area contributed by atoms with Crippen LogP contribution in [0, 0.1) is 51.2 Å². The molecule has 4 aliphatic carbocycles. The van der Waals surface area contributed by atoms with E-state index in [1.807, 2.05) is 13.8 Å². The summed E-state index contributed by atoms with van der Waals surface area (Å²) in [5.41, 5.74) is -2.62. The SMILES string of the molecule is C[C@@H]1[C@@H](O)[C@H](OC[C@H]2O[C@@H](O[C@H](CC[C@@H](C)C3CC[C@@]4(C)C5CC=C6C(CC[C@H](O[C@@H]7O[C@H](CO[C@H]8O[C@H](CO)[C@@H](O)[C@H](O)[C@H]8O)[C@@H](O)[C@H](O)[C@H]7O)C6(C)C)[C@]5(C)[C@H](O)C[C@]34C)C(C)(C)O)[C@H](O[C@H]3O[C@@H](CO)[C@H](O)[C@@H](O)[C@@H]3O)[C@@H](O)[C@@H]2O)O[C@H](CO[C@@H]2O[C@H](CO)[C@@H](O)[C@H](O)[C@H]2O)[C@H]1O. The summed E-state index contributed by atoms with van der Waals surface area (Å²) in [6.45, 7) is 13.5. The molecule has 6 aliphatic heterocycles. The van der Waals surface area contributed by atoms with Crippen LogP contribution in [0.2, 0.25) is 0 Å². The monoisotopic (exact) mass is 1450 g/mol. The number of rotatable bonds is 23. The summed E-state index contributed by atoms with van der Waals surface area (Å²) < 4.78 is 71.6. The van der Waals surface area contributed by atoms with Crippen LogP contribution in [0.3, 0.4) is 0 Å². The molecule has 9 fully saturated rings. The van der Waals surface area contributed by atoms with Crippen molar-refractivity contribution >= 4 is 0 Å². The van der Waals surface area contributed by atoms with Gasteiger partial charge >= 0.3 is 0 Å². The zero-order valence-electron chi connectivity index (χ0n) is 58.1. The molecule has 33 nitrogen and oxygen atoms in total. The van der Waals surface area contributed by atoms with E-state index < -0.39 is 264 Å². The van der Waals surface area contributed by atoms with E-state index in [-0.39, 0.29) is 35.5 Å². The van der Waals surface area contributed by atoms with E-state index in [0.717, 1.165) is 18.4 Å². The fourth-order valence-electron chi connectivity index (χ4n) is 18.6. The van der Waals surface area contributed by atoms with Crippen LogP contribution >= 0.6 is 0 Å². The van der Waals surface area contributed by atoms with Gasteiger partial charge in [0.15, 0.2) is 37.7 Å². The zero-order valence-corrected chi connectivity index (χ0v) is 58.1. The first-order valence-electron chi connectivity index (χ1n) is 35.4. The molecule has 6 saturated heterocycles. The van der Waals surface area contributed by atoms with E-state index in [1.54, 1.807) is 0 Å². The fraction of sp³-hybridized carbons (Fsp3) is 0.970. The van der Waals surface area contributed by atoms with Gasteiger partial charge < -0.3 is 164 Å². The van der Waals surface area contributed by atoms with E-state index in [2.05, 4.69) is 33.8 Å². The Kier molecular flexibility index (Phi) is 25.5. The average Bonchev–Trinajstić information content (AvgIpc) is 1.32. The standard InChI is InChI=1S/C67H114O33/c1-25(27-16-17-65(7)36-13-11-28-29(67(36,9)37(71)18-66(27,65)8)12-15-38(63(28,3)4)98-60-54(86)50(82)45(77)34(96-60)23-91-59-53(85)48(80)43(75)31(20-69)93-59)10-14-39(64(5,6)88)99-62-56(100-61-55(87)49(81)44(76)32(21-70)94-61)51(83)46(78)35(97-62)24-89-57-41(73)26(2)40(72)33(95-57)22-90-58-52(84)47(79)42(74)30(19-68)92-58/h11,25-27,29-62,68-88H,10,12-24H2,1-9H3/t25-,26+,27?,29?,30-,31-,32+,33-,34-,35-,36?,37-,38+,39-,40+,41-,42-,43-,44+,45-,46-,47+,48+,49-,50+,51+,52-,53-,54-,55+,56-,57-,58-,59+,60+,61-,62+,65+,66-,67+/m1/s1. The van der Waals surface area contributed by atoms with Gasteiger partial charge in [0, 0.05) is 16.7 Å². The van der Waals surface area contributed by atoms with Gasteiger partial charge in [-0.1, -0.05) is 60.1 Å². The molecule has 0 radical (unpaired) electrons. The average molecular weight is 1450 g/mol. The first-order valence-corrected chi connectivity index (χ1v) is 35.4. The zero-order chi connectivity index (χ0) is 73.5. The third kappa shape index (κ3) is 14.9. The summed E-state index contributed by atoms with van der Waals surface area (Å²) in [4.78, 5) is 0. The van der Waals surface area contributed by atoms with Crippen molar-refractivity contribution in [2.75, 3.05) is 39.6 Å². The maximum Gasteiger partial charge on any atom is 0.187 e. The molecule has 0 spiro atoms. The topological polar surface area (TPSA) is 536 Å². The van der Waals surface area contributed by atoms with Crippen LogP contribution in [0.1, 0.15) is 114 Å². The van der Waals surface area contributed by atoms with Crippen LogP contribution in [0.5, 0.6) is 0 Å². The van der Waals surface area contributed by atoms with Crippen molar-refractivity contribution in [1.29, 1.82) is 0 Å². The first kappa shape index (κ1) is 80.9. The predicted octanol–water partition coefficient (Wildman–Crippen LogP) is -6.31. The number of aliphatic hydroxyl groups is 21. The first-order chi connectivity index (χ1) is 46.8. The van der Waals surface area contributed by atoms with Crippen molar-refractivity contribution < 1.29 is 164 Å². The lowest BCUT2D eigenvalue weighted by Gasteiger charge is -2.67. The molecule has 580 valence electrons. The Bertz CT molecular complexity index is 2670. The minimum atomic E-state index is -1.99. The molecule has 0 aromatic carbocycles. The second-order valence-electron chi connectivity index (χ2n) is 31.9. The highest BCUT2D eigenvalue weighted by atomic mass is 16.8. The number of fused-ring (bicyclic) bond motifs is 5. The van der Waals surface area contributed by atoms with Crippen molar-refractivity contribution in [2.45, 2.75) is 316 Å². The van der Waals surface area contributed by atoms with E-state index in [0.29, 0.717) is 32.1 Å². The molecule has 3 saturated carbocycles. The normalized spacial score (nSPS) is 52.1. The maximum absolute atomic E-state index is 12.9. The van der Waals surface area contributed by atoms with Gasteiger partial charge in [-0.05, 0) is 99.7 Å². The molecule has 40 atom stereocenters. The minimum Gasteiger partial charge on any atom is -0.394 e.